The van der Waals surface area contributed by atoms with Crippen molar-refractivity contribution in [1.82, 2.24) is 15.1 Å². The normalized spacial score (nSPS) is 12.0. The minimum Gasteiger partial charge on any atom is -0.396 e. The van der Waals surface area contributed by atoms with E-state index in [0.29, 0.717) is 13.0 Å². The third-order valence-corrected chi connectivity index (χ3v) is 3.55. The summed E-state index contributed by atoms with van der Waals surface area (Å²) in [6, 6.07) is -0.892. The molecule has 0 aliphatic rings. The van der Waals surface area contributed by atoms with Gasteiger partial charge in [0.1, 0.15) is 0 Å². The fraction of sp³-hybridized carbons (Fsp3) is 0.867. The number of rotatable bonds is 15. The molecular formula is C15H31N3O7. The molecule has 0 aliphatic carbocycles. The maximum absolute atomic E-state index is 12.6. The van der Waals surface area contributed by atoms with Gasteiger partial charge in [0.15, 0.2) is 0 Å². The highest BCUT2D eigenvalue weighted by Crippen LogP contribution is 2.05. The Morgan fingerprint density at radius 3 is 1.68 bits per heavy atom. The van der Waals surface area contributed by atoms with Gasteiger partial charge in [-0.15, -0.1) is 0 Å². The van der Waals surface area contributed by atoms with Crippen LogP contribution in [0.3, 0.4) is 0 Å². The molecule has 0 aromatic heterocycles. The zero-order chi connectivity index (χ0) is 19.1. The van der Waals surface area contributed by atoms with Crippen LogP contribution in [0, 0.1) is 0 Å². The largest absolute Gasteiger partial charge is 0.396 e. The molecule has 0 bridgehead atoms. The van der Waals surface area contributed by atoms with Gasteiger partial charge in [-0.25, -0.2) is 0 Å². The quantitative estimate of drug-likeness (QED) is 0.162. The van der Waals surface area contributed by atoms with E-state index in [2.05, 4.69) is 5.32 Å². The molecule has 0 radical (unpaired) electrons. The van der Waals surface area contributed by atoms with E-state index in [4.69, 9.17) is 25.5 Å². The first kappa shape index (κ1) is 23.7. The number of amides is 2. The van der Waals surface area contributed by atoms with Crippen LogP contribution >= 0.6 is 0 Å². The molecule has 2 amide bonds. The molecule has 0 spiro atoms. The summed E-state index contributed by atoms with van der Waals surface area (Å²) < 4.78 is 0. The van der Waals surface area contributed by atoms with Gasteiger partial charge in [0.05, 0.1) is 38.9 Å². The Kier molecular flexibility index (Phi) is 14.2. The zero-order valence-corrected chi connectivity index (χ0v) is 14.5. The lowest BCUT2D eigenvalue weighted by Crippen LogP contribution is -2.51. The summed E-state index contributed by atoms with van der Waals surface area (Å²) in [7, 11) is 0. The lowest BCUT2D eigenvalue weighted by molar-refractivity contribution is -0.140. The van der Waals surface area contributed by atoms with Gasteiger partial charge < -0.3 is 40.6 Å². The molecule has 0 saturated heterocycles. The number of aliphatic hydroxyl groups is 5. The summed E-state index contributed by atoms with van der Waals surface area (Å²) in [6.07, 6.45) is 0.201. The summed E-state index contributed by atoms with van der Waals surface area (Å²) in [6.45, 7) is -0.666. The summed E-state index contributed by atoms with van der Waals surface area (Å²) in [5.41, 5.74) is 0. The summed E-state index contributed by atoms with van der Waals surface area (Å²) in [5.74, 6) is -0.853. The highest BCUT2D eigenvalue weighted by molar-refractivity contribution is 5.88. The smallest absolute Gasteiger partial charge is 0.240 e. The molecule has 25 heavy (non-hydrogen) atoms. The molecule has 10 nitrogen and oxygen atoms in total. The number of aliphatic hydroxyl groups excluding tert-OH is 5. The molecule has 0 heterocycles. The van der Waals surface area contributed by atoms with Crippen molar-refractivity contribution >= 4 is 11.8 Å². The van der Waals surface area contributed by atoms with E-state index in [1.54, 1.807) is 0 Å². The maximum Gasteiger partial charge on any atom is 0.240 e. The van der Waals surface area contributed by atoms with Crippen LogP contribution in [-0.4, -0.2) is 119 Å². The van der Waals surface area contributed by atoms with E-state index < -0.39 is 17.9 Å². The predicted octanol–water partition coefficient (Wildman–Crippen LogP) is -3.66. The van der Waals surface area contributed by atoms with Gasteiger partial charge in [0.2, 0.25) is 11.8 Å². The molecule has 0 aliphatic heterocycles. The van der Waals surface area contributed by atoms with Crippen LogP contribution in [-0.2, 0) is 9.59 Å². The summed E-state index contributed by atoms with van der Waals surface area (Å²) >= 11 is 0. The molecule has 148 valence electrons. The number of hydrogen-bond donors (Lipinski definition) is 6. The fourth-order valence-corrected chi connectivity index (χ4v) is 2.30. The third-order valence-electron chi connectivity index (χ3n) is 3.55. The molecule has 0 fully saturated rings. The Morgan fingerprint density at radius 2 is 1.24 bits per heavy atom. The third kappa shape index (κ3) is 9.68. The predicted molar refractivity (Wildman–Crippen MR) is 89.6 cm³/mol. The average Bonchev–Trinajstić information content (AvgIpc) is 2.60. The van der Waals surface area contributed by atoms with Crippen LogP contribution in [0.5, 0.6) is 0 Å². The first-order valence-corrected chi connectivity index (χ1v) is 8.39. The minimum atomic E-state index is -0.892. The van der Waals surface area contributed by atoms with Crippen molar-refractivity contribution in [2.45, 2.75) is 18.9 Å². The number of carbonyl (C=O) groups excluding carboxylic acids is 2. The highest BCUT2D eigenvalue weighted by atomic mass is 16.3. The molecule has 0 aromatic rings. The summed E-state index contributed by atoms with van der Waals surface area (Å²) in [5, 5.41) is 47.9. The summed E-state index contributed by atoms with van der Waals surface area (Å²) in [4.78, 5) is 27.5. The second-order valence-corrected chi connectivity index (χ2v) is 5.39. The van der Waals surface area contributed by atoms with Crippen molar-refractivity contribution in [3.05, 3.63) is 0 Å². The van der Waals surface area contributed by atoms with Crippen molar-refractivity contribution in [3.8, 4) is 0 Å². The Hall–Kier alpha value is -1.30. The van der Waals surface area contributed by atoms with Crippen LogP contribution in [0.25, 0.3) is 0 Å². The van der Waals surface area contributed by atoms with Crippen molar-refractivity contribution in [2.24, 2.45) is 0 Å². The second-order valence-electron chi connectivity index (χ2n) is 5.39. The Labute approximate surface area is 147 Å². The van der Waals surface area contributed by atoms with Gasteiger partial charge in [-0.3, -0.25) is 9.59 Å². The zero-order valence-electron chi connectivity index (χ0n) is 14.5. The van der Waals surface area contributed by atoms with Crippen LogP contribution in [0.4, 0.5) is 0 Å². The molecule has 10 heteroatoms. The molecule has 6 N–H and O–H groups in total. The van der Waals surface area contributed by atoms with Gasteiger partial charge in [-0.05, 0) is 13.0 Å². The van der Waals surface area contributed by atoms with Gasteiger partial charge in [0.25, 0.3) is 0 Å². The molecule has 0 rings (SSSR count). The molecule has 1 atom stereocenters. The Bertz CT molecular complexity index is 359. The molecule has 0 saturated carbocycles. The van der Waals surface area contributed by atoms with E-state index >= 15 is 0 Å². The molecule has 1 unspecified atom stereocenters. The van der Waals surface area contributed by atoms with Crippen molar-refractivity contribution in [1.29, 1.82) is 0 Å². The highest BCUT2D eigenvalue weighted by Gasteiger charge is 2.27. The minimum absolute atomic E-state index is 0.0305. The average molecular weight is 365 g/mol. The topological polar surface area (TPSA) is 154 Å². The van der Waals surface area contributed by atoms with Crippen LogP contribution in [0.2, 0.25) is 0 Å². The first-order chi connectivity index (χ1) is 12.0. The number of nitrogens with one attached hydrogen (secondary N) is 1. The van der Waals surface area contributed by atoms with Gasteiger partial charge in [0, 0.05) is 32.8 Å². The van der Waals surface area contributed by atoms with Crippen molar-refractivity contribution < 1.29 is 35.1 Å². The molecule has 0 aromatic carbocycles. The van der Waals surface area contributed by atoms with E-state index in [1.165, 1.54) is 9.80 Å². The SMILES string of the molecule is O=C(CC(NCCCO)C(=O)N(CCO)CCO)N(CCO)CCO. The lowest BCUT2D eigenvalue weighted by atomic mass is 10.1. The van der Waals surface area contributed by atoms with E-state index in [-0.39, 0.29) is 65.6 Å². The van der Waals surface area contributed by atoms with Crippen molar-refractivity contribution in [3.63, 3.8) is 0 Å². The Morgan fingerprint density at radius 1 is 0.760 bits per heavy atom. The van der Waals surface area contributed by atoms with Crippen LogP contribution in [0.15, 0.2) is 0 Å². The number of hydrogen-bond acceptors (Lipinski definition) is 8. The van der Waals surface area contributed by atoms with E-state index in [0.717, 1.165) is 0 Å². The van der Waals surface area contributed by atoms with Gasteiger partial charge in [-0.1, -0.05) is 0 Å². The monoisotopic (exact) mass is 365 g/mol. The second kappa shape index (κ2) is 15.0. The lowest BCUT2D eigenvalue weighted by Gasteiger charge is -2.28. The number of nitrogens with zero attached hydrogens (tertiary/aromatic N) is 2. The molecular weight excluding hydrogens is 334 g/mol. The van der Waals surface area contributed by atoms with Gasteiger partial charge >= 0.3 is 0 Å². The Balaban J connectivity index is 5.04. The maximum atomic E-state index is 12.6. The fourth-order valence-electron chi connectivity index (χ4n) is 2.30. The van der Waals surface area contributed by atoms with E-state index in [9.17, 15) is 9.59 Å². The van der Waals surface area contributed by atoms with Gasteiger partial charge in [-0.2, -0.15) is 0 Å². The first-order valence-electron chi connectivity index (χ1n) is 8.39. The number of carbonyl (C=O) groups is 2. The van der Waals surface area contributed by atoms with Crippen molar-refractivity contribution in [2.75, 3.05) is 65.8 Å². The van der Waals surface area contributed by atoms with Crippen LogP contribution < -0.4 is 5.32 Å². The van der Waals surface area contributed by atoms with Crippen LogP contribution in [0.1, 0.15) is 12.8 Å². The standard InChI is InChI=1S/C15H31N3O7/c19-7-1-2-16-13(15(25)18(5-10-22)6-11-23)12-14(24)17(3-8-20)4-9-21/h13,16,19-23H,1-12H2. The van der Waals surface area contributed by atoms with E-state index in [1.807, 2.05) is 0 Å².